The molecule has 2 nitrogen and oxygen atoms in total. The Bertz CT molecular complexity index is 149. The van der Waals surface area contributed by atoms with Gasteiger partial charge in [0.05, 0.1) is 6.10 Å². The van der Waals surface area contributed by atoms with E-state index in [0.29, 0.717) is 18.1 Å². The first-order valence-corrected chi connectivity index (χ1v) is 5.25. The molecule has 1 saturated heterocycles. The van der Waals surface area contributed by atoms with Crippen LogP contribution in [0.2, 0.25) is 0 Å². The highest BCUT2D eigenvalue weighted by molar-refractivity contribution is 4.85. The van der Waals surface area contributed by atoms with E-state index in [9.17, 15) is 0 Å². The van der Waals surface area contributed by atoms with Gasteiger partial charge in [-0.25, -0.2) is 0 Å². The van der Waals surface area contributed by atoms with Crippen LogP contribution < -0.4 is 5.73 Å². The molecule has 1 aliphatic heterocycles. The summed E-state index contributed by atoms with van der Waals surface area (Å²) in [6, 6.07) is 0.418. The molecule has 0 spiro atoms. The molecule has 0 radical (unpaired) electrons. The first-order valence-electron chi connectivity index (χ1n) is 5.25. The smallest absolute Gasteiger partial charge is 0.0618 e. The van der Waals surface area contributed by atoms with Crippen molar-refractivity contribution in [3.8, 4) is 0 Å². The van der Waals surface area contributed by atoms with Crippen LogP contribution in [0.1, 0.15) is 38.5 Å². The predicted molar refractivity (Wildman–Crippen MR) is 48.9 cm³/mol. The summed E-state index contributed by atoms with van der Waals surface area (Å²) in [4.78, 5) is 0. The molecule has 0 aromatic carbocycles. The number of fused-ring (bicyclic) bond motifs is 1. The zero-order chi connectivity index (χ0) is 8.39. The Morgan fingerprint density at radius 2 is 1.83 bits per heavy atom. The number of nitrogens with two attached hydrogens (primary N) is 1. The van der Waals surface area contributed by atoms with Crippen molar-refractivity contribution in [2.24, 2.45) is 11.7 Å². The molecule has 2 N–H and O–H groups in total. The van der Waals surface area contributed by atoms with Crippen LogP contribution in [0.15, 0.2) is 0 Å². The largest absolute Gasteiger partial charge is 0.378 e. The monoisotopic (exact) mass is 169 g/mol. The summed E-state index contributed by atoms with van der Waals surface area (Å²) in [5.41, 5.74) is 6.08. The fraction of sp³-hybridized carbons (Fsp3) is 1.00. The number of hydrogen-bond donors (Lipinski definition) is 1. The lowest BCUT2D eigenvalue weighted by Crippen LogP contribution is -2.44. The van der Waals surface area contributed by atoms with Crippen LogP contribution in [0.5, 0.6) is 0 Å². The minimum Gasteiger partial charge on any atom is -0.378 e. The average Bonchev–Trinajstić information content (AvgIpc) is 2.30. The second kappa shape index (κ2) is 3.75. The van der Waals surface area contributed by atoms with E-state index in [-0.39, 0.29) is 0 Å². The van der Waals surface area contributed by atoms with E-state index in [4.69, 9.17) is 10.5 Å². The topological polar surface area (TPSA) is 35.2 Å². The molecular formula is C10H19NO. The van der Waals surface area contributed by atoms with Crippen molar-refractivity contribution in [2.75, 3.05) is 6.61 Å². The normalized spacial score (nSPS) is 43.2. The molecule has 3 unspecified atom stereocenters. The van der Waals surface area contributed by atoms with Gasteiger partial charge in [-0.05, 0) is 19.3 Å². The van der Waals surface area contributed by atoms with Crippen LogP contribution in [-0.2, 0) is 4.74 Å². The van der Waals surface area contributed by atoms with E-state index in [2.05, 4.69) is 0 Å². The lowest BCUT2D eigenvalue weighted by atomic mass is 9.86. The lowest BCUT2D eigenvalue weighted by molar-refractivity contribution is -0.0391. The third kappa shape index (κ3) is 1.64. The fourth-order valence-electron chi connectivity index (χ4n) is 2.57. The highest BCUT2D eigenvalue weighted by Crippen LogP contribution is 2.31. The van der Waals surface area contributed by atoms with Crippen molar-refractivity contribution in [3.63, 3.8) is 0 Å². The maximum Gasteiger partial charge on any atom is 0.0618 e. The van der Waals surface area contributed by atoms with E-state index < -0.39 is 0 Å². The van der Waals surface area contributed by atoms with Gasteiger partial charge in [0.1, 0.15) is 0 Å². The molecule has 2 fully saturated rings. The van der Waals surface area contributed by atoms with Crippen LogP contribution in [-0.4, -0.2) is 18.8 Å². The summed E-state index contributed by atoms with van der Waals surface area (Å²) in [7, 11) is 0. The molecule has 70 valence electrons. The van der Waals surface area contributed by atoms with Crippen LogP contribution >= 0.6 is 0 Å². The average molecular weight is 169 g/mol. The molecule has 0 aromatic rings. The standard InChI is InChI=1S/C10H19NO/c11-9-6-7-12-10-5-3-1-2-4-8(9)10/h8-10H,1-7,11H2. The van der Waals surface area contributed by atoms with Crippen molar-refractivity contribution in [1.82, 2.24) is 0 Å². The molecule has 1 aliphatic carbocycles. The van der Waals surface area contributed by atoms with Gasteiger partial charge < -0.3 is 10.5 Å². The van der Waals surface area contributed by atoms with Gasteiger partial charge in [0.2, 0.25) is 0 Å². The molecule has 0 amide bonds. The van der Waals surface area contributed by atoms with Crippen molar-refractivity contribution in [2.45, 2.75) is 50.7 Å². The quantitative estimate of drug-likeness (QED) is 0.599. The van der Waals surface area contributed by atoms with Gasteiger partial charge in [-0.1, -0.05) is 19.3 Å². The predicted octanol–water partition coefficient (Wildman–Crippen LogP) is 1.68. The first-order chi connectivity index (χ1) is 5.88. The highest BCUT2D eigenvalue weighted by atomic mass is 16.5. The Morgan fingerprint density at radius 3 is 2.75 bits per heavy atom. The van der Waals surface area contributed by atoms with Crippen molar-refractivity contribution in [3.05, 3.63) is 0 Å². The molecule has 2 aliphatic rings. The summed E-state index contributed by atoms with van der Waals surface area (Å²) in [6.07, 6.45) is 8.19. The zero-order valence-electron chi connectivity index (χ0n) is 7.67. The van der Waals surface area contributed by atoms with Crippen molar-refractivity contribution < 1.29 is 4.74 Å². The minimum atomic E-state index is 0.418. The third-order valence-corrected chi connectivity index (χ3v) is 3.34. The van der Waals surface area contributed by atoms with E-state index in [1.807, 2.05) is 0 Å². The Balaban J connectivity index is 2.00. The Kier molecular flexibility index (Phi) is 2.66. The van der Waals surface area contributed by atoms with E-state index in [0.717, 1.165) is 13.0 Å². The molecular weight excluding hydrogens is 150 g/mol. The molecule has 2 heteroatoms. The summed E-state index contributed by atoms with van der Waals surface area (Å²) < 4.78 is 5.75. The Hall–Kier alpha value is -0.0800. The van der Waals surface area contributed by atoms with E-state index >= 15 is 0 Å². The van der Waals surface area contributed by atoms with E-state index in [1.165, 1.54) is 32.1 Å². The van der Waals surface area contributed by atoms with Gasteiger partial charge in [0, 0.05) is 18.6 Å². The molecule has 1 heterocycles. The maximum atomic E-state index is 6.08. The highest BCUT2D eigenvalue weighted by Gasteiger charge is 2.32. The zero-order valence-corrected chi connectivity index (χ0v) is 7.67. The maximum absolute atomic E-state index is 6.08. The van der Waals surface area contributed by atoms with Gasteiger partial charge >= 0.3 is 0 Å². The van der Waals surface area contributed by atoms with E-state index in [1.54, 1.807) is 0 Å². The van der Waals surface area contributed by atoms with Gasteiger partial charge in [-0.3, -0.25) is 0 Å². The summed E-state index contributed by atoms with van der Waals surface area (Å²) in [5, 5.41) is 0. The second-order valence-electron chi connectivity index (χ2n) is 4.16. The lowest BCUT2D eigenvalue weighted by Gasteiger charge is -2.35. The second-order valence-corrected chi connectivity index (χ2v) is 4.16. The Labute approximate surface area is 74.5 Å². The minimum absolute atomic E-state index is 0.418. The molecule has 0 bridgehead atoms. The van der Waals surface area contributed by atoms with Crippen LogP contribution in [0, 0.1) is 5.92 Å². The van der Waals surface area contributed by atoms with Gasteiger partial charge in [0.25, 0.3) is 0 Å². The number of ether oxygens (including phenoxy) is 1. The van der Waals surface area contributed by atoms with Crippen molar-refractivity contribution in [1.29, 1.82) is 0 Å². The van der Waals surface area contributed by atoms with Gasteiger partial charge in [-0.15, -0.1) is 0 Å². The van der Waals surface area contributed by atoms with Crippen LogP contribution in [0.3, 0.4) is 0 Å². The first kappa shape index (κ1) is 8.52. The number of rotatable bonds is 0. The molecule has 3 atom stereocenters. The molecule has 1 saturated carbocycles. The number of hydrogen-bond acceptors (Lipinski definition) is 2. The van der Waals surface area contributed by atoms with Gasteiger partial charge in [-0.2, -0.15) is 0 Å². The fourth-order valence-corrected chi connectivity index (χ4v) is 2.57. The Morgan fingerprint density at radius 1 is 1.00 bits per heavy atom. The molecule has 12 heavy (non-hydrogen) atoms. The van der Waals surface area contributed by atoms with Crippen LogP contribution in [0.25, 0.3) is 0 Å². The SMILES string of the molecule is NC1CCOC2CCCCCC12. The summed E-state index contributed by atoms with van der Waals surface area (Å²) >= 11 is 0. The van der Waals surface area contributed by atoms with Crippen LogP contribution in [0.4, 0.5) is 0 Å². The third-order valence-electron chi connectivity index (χ3n) is 3.34. The summed E-state index contributed by atoms with van der Waals surface area (Å²) in [5.74, 6) is 0.668. The van der Waals surface area contributed by atoms with Crippen molar-refractivity contribution >= 4 is 0 Å². The molecule has 0 aromatic heterocycles. The van der Waals surface area contributed by atoms with Gasteiger partial charge in [0.15, 0.2) is 0 Å². The molecule has 2 rings (SSSR count). The summed E-state index contributed by atoms with van der Waals surface area (Å²) in [6.45, 7) is 0.891.